The van der Waals surface area contributed by atoms with Crippen LogP contribution in [0.2, 0.25) is 18.1 Å². The molecule has 0 radical (unpaired) electrons. The number of thiol groups is 1. The molecule has 0 atom stereocenters. The van der Waals surface area contributed by atoms with Gasteiger partial charge in [0, 0.05) is 13.2 Å². The second-order valence-corrected chi connectivity index (χ2v) is 16.5. The van der Waals surface area contributed by atoms with E-state index >= 15 is 0 Å². The van der Waals surface area contributed by atoms with E-state index in [2.05, 4.69) is 45.2 Å². The highest BCUT2D eigenvalue weighted by Gasteiger charge is 2.33. The van der Waals surface area contributed by atoms with Crippen molar-refractivity contribution in [2.75, 3.05) is 32.0 Å². The molecular weight excluding hydrogens is 487 g/mol. The van der Waals surface area contributed by atoms with Crippen molar-refractivity contribution in [3.63, 3.8) is 0 Å². The number of rotatable bonds is 31. The van der Waals surface area contributed by atoms with Crippen LogP contribution >= 0.6 is 12.6 Å². The largest absolute Gasteiger partial charge is 0.416 e. The fourth-order valence-corrected chi connectivity index (χ4v) is 10.4. The molecule has 0 unspecified atom stereocenters. The molecular formula is C33H71NOSSi. The van der Waals surface area contributed by atoms with Gasteiger partial charge in [-0.1, -0.05) is 143 Å². The van der Waals surface area contributed by atoms with Crippen molar-refractivity contribution in [3.05, 3.63) is 0 Å². The van der Waals surface area contributed by atoms with Crippen molar-refractivity contribution in [3.8, 4) is 0 Å². The number of unbranched alkanes of at least 4 members (excludes halogenated alkanes) is 16. The summed E-state index contributed by atoms with van der Waals surface area (Å²) in [6.45, 7) is 13.9. The average Bonchev–Trinajstić information content (AvgIpc) is 2.91. The second-order valence-electron chi connectivity index (χ2n) is 11.9. The summed E-state index contributed by atoms with van der Waals surface area (Å²) in [7, 11) is -1.68. The van der Waals surface area contributed by atoms with Gasteiger partial charge in [-0.05, 0) is 56.2 Å². The number of hydrogen-bond acceptors (Lipinski definition) is 3. The first-order valence-corrected chi connectivity index (χ1v) is 20.3. The van der Waals surface area contributed by atoms with Crippen molar-refractivity contribution < 1.29 is 4.43 Å². The minimum atomic E-state index is -1.68. The third-order valence-electron chi connectivity index (χ3n) is 8.23. The van der Waals surface area contributed by atoms with E-state index < -0.39 is 8.32 Å². The van der Waals surface area contributed by atoms with Crippen LogP contribution in [-0.4, -0.2) is 45.2 Å². The third kappa shape index (κ3) is 24.0. The summed E-state index contributed by atoms with van der Waals surface area (Å²) in [5.74, 6) is 1.02. The fraction of sp³-hybridized carbons (Fsp3) is 1.00. The highest BCUT2D eigenvalue weighted by molar-refractivity contribution is 7.80. The zero-order chi connectivity index (χ0) is 27.3. The Hall–Kier alpha value is 0.487. The van der Waals surface area contributed by atoms with Crippen molar-refractivity contribution in [2.45, 2.75) is 181 Å². The lowest BCUT2D eigenvalue weighted by Crippen LogP contribution is -2.41. The fourth-order valence-electron chi connectivity index (χ4n) is 5.64. The summed E-state index contributed by atoms with van der Waals surface area (Å²) in [6.07, 6.45) is 29.1. The molecule has 0 amide bonds. The maximum atomic E-state index is 7.10. The van der Waals surface area contributed by atoms with E-state index in [1.54, 1.807) is 0 Å². The lowest BCUT2D eigenvalue weighted by molar-refractivity contribution is 0.195. The van der Waals surface area contributed by atoms with Crippen molar-refractivity contribution in [1.29, 1.82) is 0 Å². The van der Waals surface area contributed by atoms with Crippen LogP contribution in [0.4, 0.5) is 0 Å². The second kappa shape index (κ2) is 29.5. The molecule has 0 rings (SSSR count). The van der Waals surface area contributed by atoms with Crippen molar-refractivity contribution in [1.82, 2.24) is 4.90 Å². The number of hydrogen-bond donors (Lipinski definition) is 1. The van der Waals surface area contributed by atoms with Crippen LogP contribution < -0.4 is 0 Å². The summed E-state index contributed by atoms with van der Waals surface area (Å²) in [4.78, 5) is 2.69. The van der Waals surface area contributed by atoms with Gasteiger partial charge in [-0.15, -0.1) is 0 Å². The van der Waals surface area contributed by atoms with Crippen LogP contribution in [0.1, 0.15) is 163 Å². The highest BCUT2D eigenvalue weighted by Crippen LogP contribution is 2.30. The first kappa shape index (κ1) is 37.5. The van der Waals surface area contributed by atoms with Gasteiger partial charge < -0.3 is 9.33 Å². The van der Waals surface area contributed by atoms with Gasteiger partial charge >= 0.3 is 0 Å². The molecule has 0 bridgehead atoms. The summed E-state index contributed by atoms with van der Waals surface area (Å²) in [6, 6.07) is 4.14. The summed E-state index contributed by atoms with van der Waals surface area (Å²) < 4.78 is 7.10. The molecule has 0 fully saturated rings. The van der Waals surface area contributed by atoms with E-state index in [4.69, 9.17) is 4.43 Å². The molecule has 4 heteroatoms. The Kier molecular flexibility index (Phi) is 29.9. The van der Waals surface area contributed by atoms with Crippen LogP contribution in [0.15, 0.2) is 0 Å². The van der Waals surface area contributed by atoms with Gasteiger partial charge in [0.15, 0.2) is 8.32 Å². The Bertz CT molecular complexity index is 409. The Morgan fingerprint density at radius 2 is 0.838 bits per heavy atom. The zero-order valence-corrected chi connectivity index (χ0v) is 28.2. The van der Waals surface area contributed by atoms with Crippen molar-refractivity contribution in [2.24, 2.45) is 0 Å². The zero-order valence-electron chi connectivity index (χ0n) is 26.3. The lowest BCUT2D eigenvalue weighted by Gasteiger charge is -2.33. The normalized spacial score (nSPS) is 12.2. The number of nitrogens with zero attached hydrogens (tertiary/aromatic N) is 1. The molecule has 0 N–H and O–H groups in total. The molecule has 0 aromatic heterocycles. The van der Waals surface area contributed by atoms with Crippen LogP contribution in [0.25, 0.3) is 0 Å². The van der Waals surface area contributed by atoms with Gasteiger partial charge in [0.1, 0.15) is 0 Å². The van der Waals surface area contributed by atoms with E-state index in [1.807, 2.05) is 0 Å². The molecule has 0 aromatic carbocycles. The molecule has 0 spiro atoms. The molecule has 0 heterocycles. The summed E-state index contributed by atoms with van der Waals surface area (Å²) in [5, 5.41) is 0. The van der Waals surface area contributed by atoms with E-state index in [0.29, 0.717) is 0 Å². The van der Waals surface area contributed by atoms with Crippen LogP contribution in [0, 0.1) is 0 Å². The Labute approximate surface area is 242 Å². The monoisotopic (exact) mass is 558 g/mol. The summed E-state index contributed by atoms with van der Waals surface area (Å²) >= 11 is 4.62. The van der Waals surface area contributed by atoms with Gasteiger partial charge in [0.25, 0.3) is 0 Å². The molecule has 0 aliphatic carbocycles. The van der Waals surface area contributed by atoms with E-state index in [0.717, 1.165) is 18.9 Å². The Balaban J connectivity index is 4.85. The SMILES string of the molecule is CCCCCCCCCC[Si](CCCS)(CCCCCCCCCC)OCCN(CCCC)CCCC. The van der Waals surface area contributed by atoms with Gasteiger partial charge in [-0.2, -0.15) is 12.6 Å². The molecule has 2 nitrogen and oxygen atoms in total. The molecule has 0 saturated heterocycles. The molecule has 0 aliphatic heterocycles. The molecule has 0 saturated carbocycles. The maximum Gasteiger partial charge on any atom is 0.192 e. The van der Waals surface area contributed by atoms with Gasteiger partial charge in [-0.3, -0.25) is 0 Å². The quantitative estimate of drug-likeness (QED) is 0.0517. The highest BCUT2D eigenvalue weighted by atomic mass is 32.1. The standard InChI is InChI=1S/C33H71NOSSi/c1-5-9-13-15-17-19-21-23-31-37(33-25-30-36,32-24-22-20-18-16-14-10-6-2)35-29-28-34(26-11-7-3)27-12-8-4/h36H,5-33H2,1-4H3. The molecule has 0 aliphatic rings. The van der Waals surface area contributed by atoms with Gasteiger partial charge in [-0.25, -0.2) is 0 Å². The van der Waals surface area contributed by atoms with Gasteiger partial charge in [0.2, 0.25) is 0 Å². The first-order valence-electron chi connectivity index (χ1n) is 17.1. The van der Waals surface area contributed by atoms with Crippen molar-refractivity contribution >= 4 is 20.9 Å². The Morgan fingerprint density at radius 1 is 0.459 bits per heavy atom. The predicted octanol–water partition coefficient (Wildman–Crippen LogP) is 11.5. The smallest absolute Gasteiger partial charge is 0.192 e. The first-order chi connectivity index (χ1) is 18.2. The lowest BCUT2D eigenvalue weighted by atomic mass is 10.1. The third-order valence-corrected chi connectivity index (χ3v) is 13.2. The molecule has 37 heavy (non-hydrogen) atoms. The van der Waals surface area contributed by atoms with Crippen LogP contribution in [0.3, 0.4) is 0 Å². The topological polar surface area (TPSA) is 12.5 Å². The summed E-state index contributed by atoms with van der Waals surface area (Å²) in [5.41, 5.74) is 0. The van der Waals surface area contributed by atoms with Gasteiger partial charge in [0.05, 0.1) is 0 Å². The minimum absolute atomic E-state index is 0.972. The van der Waals surface area contributed by atoms with Crippen LogP contribution in [-0.2, 0) is 4.43 Å². The molecule has 224 valence electrons. The van der Waals surface area contributed by atoms with E-state index in [9.17, 15) is 0 Å². The molecule has 0 aromatic rings. The van der Waals surface area contributed by atoms with E-state index in [-0.39, 0.29) is 0 Å². The average molecular weight is 558 g/mol. The Morgan fingerprint density at radius 3 is 1.24 bits per heavy atom. The maximum absolute atomic E-state index is 7.10. The minimum Gasteiger partial charge on any atom is -0.416 e. The van der Waals surface area contributed by atoms with E-state index in [1.165, 1.54) is 166 Å². The predicted molar refractivity (Wildman–Crippen MR) is 176 cm³/mol. The van der Waals surface area contributed by atoms with Crippen LogP contribution in [0.5, 0.6) is 0 Å².